The molecule has 1 aromatic carbocycles. The highest BCUT2D eigenvalue weighted by molar-refractivity contribution is 7.16. The molecular formula is C39H64N8O4S2Si2. The lowest BCUT2D eigenvalue weighted by atomic mass is 10.2. The number of carbonyl (C=O) groups excluding carboxylic acids is 1. The van der Waals surface area contributed by atoms with Crippen LogP contribution in [0.15, 0.2) is 40.7 Å². The number of ether oxygens (including phenoxy) is 2. The van der Waals surface area contributed by atoms with Gasteiger partial charge in [0.05, 0.1) is 23.4 Å². The number of aryl methyl sites for hydroxylation is 1. The van der Waals surface area contributed by atoms with E-state index in [1.165, 1.54) is 18.4 Å². The summed E-state index contributed by atoms with van der Waals surface area (Å²) in [6.45, 7) is 25.1. The van der Waals surface area contributed by atoms with E-state index in [1.807, 2.05) is 30.0 Å². The molecule has 12 nitrogen and oxygen atoms in total. The highest BCUT2D eigenvalue weighted by Crippen LogP contribution is 2.38. The van der Waals surface area contributed by atoms with Crippen molar-refractivity contribution in [3.05, 3.63) is 51.8 Å². The standard InChI is InChI=1S/C39H64N8O4S2Si2/c1-29-25-34(42-43-35(29)41-38-47(28-50-23-24-54(9,10)11)32-18-14-15-19-33(32)53-38)46(37-40-31(27-52-37)36(48)49-8)20-16-17-30(26-45(7)22-21-44(5)6)51-55(12,13)39(2,3)4/h14-15,18-19,25,27,30H,16-17,20-24,26,28H2,1-13H3. The van der Waals surface area contributed by atoms with E-state index in [9.17, 15) is 4.79 Å². The molecule has 16 heteroatoms. The van der Waals surface area contributed by atoms with Gasteiger partial charge in [-0.25, -0.2) is 9.78 Å². The molecule has 0 aliphatic heterocycles. The molecule has 3 aromatic heterocycles. The first kappa shape index (κ1) is 44.9. The fourth-order valence-electron chi connectivity index (χ4n) is 5.53. The van der Waals surface area contributed by atoms with E-state index in [0.717, 1.165) is 65.7 Å². The first-order chi connectivity index (χ1) is 25.8. The van der Waals surface area contributed by atoms with Crippen LogP contribution in [0.4, 0.5) is 16.8 Å². The van der Waals surface area contributed by atoms with Gasteiger partial charge in [-0.1, -0.05) is 63.9 Å². The molecule has 1 unspecified atom stereocenters. The smallest absolute Gasteiger partial charge is 0.357 e. The monoisotopic (exact) mass is 828 g/mol. The Bertz CT molecular complexity index is 1920. The van der Waals surface area contributed by atoms with Crippen molar-refractivity contribution in [2.24, 2.45) is 4.99 Å². The van der Waals surface area contributed by atoms with Crippen molar-refractivity contribution < 1.29 is 18.7 Å². The molecule has 0 N–H and O–H groups in total. The number of carbonyl (C=O) groups is 1. The highest BCUT2D eigenvalue weighted by Gasteiger charge is 2.39. The second kappa shape index (κ2) is 19.5. The minimum atomic E-state index is -2.03. The number of hydrogen-bond acceptors (Lipinski definition) is 13. The molecule has 4 rings (SSSR count). The van der Waals surface area contributed by atoms with Crippen LogP contribution in [0.2, 0.25) is 43.8 Å². The Morgan fingerprint density at radius 3 is 2.42 bits per heavy atom. The van der Waals surface area contributed by atoms with Crippen LogP contribution in [0.25, 0.3) is 10.2 Å². The molecule has 55 heavy (non-hydrogen) atoms. The van der Waals surface area contributed by atoms with Crippen molar-refractivity contribution in [1.82, 2.24) is 29.5 Å². The Morgan fingerprint density at radius 1 is 1.04 bits per heavy atom. The molecule has 3 heterocycles. The summed E-state index contributed by atoms with van der Waals surface area (Å²) < 4.78 is 21.5. The number of thiazole rings is 2. The summed E-state index contributed by atoms with van der Waals surface area (Å²) in [5, 5.41) is 11.9. The molecular weight excluding hydrogens is 765 g/mol. The Kier molecular flexibility index (Phi) is 15.9. The molecule has 304 valence electrons. The predicted octanol–water partition coefficient (Wildman–Crippen LogP) is 8.39. The largest absolute Gasteiger partial charge is 0.464 e. The van der Waals surface area contributed by atoms with Gasteiger partial charge in [0.2, 0.25) is 0 Å². The van der Waals surface area contributed by atoms with Gasteiger partial charge in [0, 0.05) is 46.2 Å². The molecule has 4 aromatic rings. The average Bonchev–Trinajstić information content (AvgIpc) is 3.72. The van der Waals surface area contributed by atoms with Gasteiger partial charge in [-0.05, 0) is 88.8 Å². The lowest BCUT2D eigenvalue weighted by Gasteiger charge is -2.40. The molecule has 0 radical (unpaired) electrons. The number of rotatable bonds is 20. The van der Waals surface area contributed by atoms with E-state index in [0.29, 0.717) is 30.0 Å². The van der Waals surface area contributed by atoms with Crippen molar-refractivity contribution in [2.45, 2.75) is 97.2 Å². The van der Waals surface area contributed by atoms with Gasteiger partial charge in [-0.15, -0.1) is 21.5 Å². The Balaban J connectivity index is 1.63. The van der Waals surface area contributed by atoms with Gasteiger partial charge in [0.1, 0.15) is 6.73 Å². The zero-order valence-electron chi connectivity index (χ0n) is 35.4. The van der Waals surface area contributed by atoms with Crippen LogP contribution in [-0.4, -0.2) is 119 Å². The van der Waals surface area contributed by atoms with Gasteiger partial charge in [0.25, 0.3) is 0 Å². The molecule has 0 aliphatic carbocycles. The van der Waals surface area contributed by atoms with E-state index in [-0.39, 0.29) is 16.8 Å². The summed E-state index contributed by atoms with van der Waals surface area (Å²) >= 11 is 3.00. The number of nitrogens with zero attached hydrogens (tertiary/aromatic N) is 8. The lowest BCUT2D eigenvalue weighted by Crippen LogP contribution is -2.47. The Hall–Kier alpha value is -2.84. The summed E-state index contributed by atoms with van der Waals surface area (Å²) in [6, 6.07) is 11.4. The highest BCUT2D eigenvalue weighted by atomic mass is 32.1. The topological polar surface area (TPSA) is 110 Å². The van der Waals surface area contributed by atoms with Crippen LogP contribution >= 0.6 is 22.7 Å². The first-order valence-corrected chi connectivity index (χ1v) is 27.5. The Labute approximate surface area is 338 Å². The first-order valence-electron chi connectivity index (χ1n) is 19.2. The lowest BCUT2D eigenvalue weighted by molar-refractivity contribution is 0.0595. The molecule has 0 spiro atoms. The maximum Gasteiger partial charge on any atom is 0.357 e. The van der Waals surface area contributed by atoms with Crippen LogP contribution < -0.4 is 9.70 Å². The summed E-state index contributed by atoms with van der Waals surface area (Å²) in [5.74, 6) is 0.721. The molecule has 0 fully saturated rings. The third-order valence-corrected chi connectivity index (χ3v) is 18.1. The van der Waals surface area contributed by atoms with Crippen molar-refractivity contribution in [3.8, 4) is 0 Å². The second-order valence-corrected chi connectivity index (χ2v) is 29.5. The van der Waals surface area contributed by atoms with Crippen LogP contribution in [0.1, 0.15) is 49.7 Å². The summed E-state index contributed by atoms with van der Waals surface area (Å²) in [6.07, 6.45) is 1.75. The number of likely N-dealkylation sites (N-methyl/N-ethyl adjacent to an activating group) is 2. The number of benzene rings is 1. The number of esters is 1. The number of para-hydroxylation sites is 1. The fourth-order valence-corrected chi connectivity index (χ4v) is 9.51. The molecule has 0 saturated heterocycles. The van der Waals surface area contributed by atoms with E-state index in [4.69, 9.17) is 24.0 Å². The van der Waals surface area contributed by atoms with Gasteiger partial charge >= 0.3 is 5.97 Å². The van der Waals surface area contributed by atoms with E-state index >= 15 is 0 Å². The SMILES string of the molecule is COC(=O)c1csc(N(CCCC(CN(C)CCN(C)C)O[Si](C)(C)C(C)(C)C)c2cc(C)c(N=c3sc4ccccc4n3COCC[Si](C)(C)C)nn2)n1. The number of aromatic nitrogens is 4. The Morgan fingerprint density at radius 2 is 1.76 bits per heavy atom. The number of hydrogen-bond donors (Lipinski definition) is 0. The normalized spacial score (nSPS) is 13.7. The van der Waals surface area contributed by atoms with Gasteiger partial charge in [-0.2, -0.15) is 4.99 Å². The molecule has 0 amide bonds. The summed E-state index contributed by atoms with van der Waals surface area (Å²) in [4.78, 5) is 29.6. The maximum absolute atomic E-state index is 12.4. The molecule has 0 aliphatic rings. The summed E-state index contributed by atoms with van der Waals surface area (Å²) in [7, 11) is 4.51. The van der Waals surface area contributed by atoms with Gasteiger partial charge < -0.3 is 28.6 Å². The fraction of sp³-hybridized carbons (Fsp3) is 0.615. The van der Waals surface area contributed by atoms with Crippen molar-refractivity contribution >= 4 is 72.0 Å². The second-order valence-electron chi connectivity index (χ2n) is 17.3. The van der Waals surface area contributed by atoms with Crippen molar-refractivity contribution in [2.75, 3.05) is 65.9 Å². The zero-order chi connectivity index (χ0) is 40.6. The number of anilines is 2. The minimum Gasteiger partial charge on any atom is -0.464 e. The van der Waals surface area contributed by atoms with Crippen molar-refractivity contribution in [3.63, 3.8) is 0 Å². The molecule has 0 saturated carbocycles. The average molecular weight is 829 g/mol. The van der Waals surface area contributed by atoms with Crippen LogP contribution in [0, 0.1) is 6.92 Å². The molecule has 0 bridgehead atoms. The quantitative estimate of drug-likeness (QED) is 0.0490. The third-order valence-electron chi connectivity index (χ3n) is 9.97. The molecule has 1 atom stereocenters. The van der Waals surface area contributed by atoms with Crippen molar-refractivity contribution in [1.29, 1.82) is 0 Å². The van der Waals surface area contributed by atoms with Crippen LogP contribution in [-0.2, 0) is 20.6 Å². The van der Waals surface area contributed by atoms with E-state index in [1.54, 1.807) is 16.7 Å². The van der Waals surface area contributed by atoms with Gasteiger partial charge in [0.15, 0.2) is 35.6 Å². The van der Waals surface area contributed by atoms with Crippen LogP contribution in [0.3, 0.4) is 0 Å². The predicted molar refractivity (Wildman–Crippen MR) is 234 cm³/mol. The number of methoxy groups -OCH3 is 1. The maximum atomic E-state index is 12.4. The van der Waals surface area contributed by atoms with Gasteiger partial charge in [-0.3, -0.25) is 4.57 Å². The van der Waals surface area contributed by atoms with Crippen LogP contribution in [0.5, 0.6) is 0 Å². The minimum absolute atomic E-state index is 0.0679. The summed E-state index contributed by atoms with van der Waals surface area (Å²) in [5.41, 5.74) is 2.23. The number of fused-ring (bicyclic) bond motifs is 1. The zero-order valence-corrected chi connectivity index (χ0v) is 39.1. The van der Waals surface area contributed by atoms with E-state index < -0.39 is 22.4 Å². The third kappa shape index (κ3) is 13.1. The van der Waals surface area contributed by atoms with E-state index in [2.05, 4.69) is 111 Å².